The van der Waals surface area contributed by atoms with Crippen molar-refractivity contribution in [1.29, 1.82) is 0 Å². The summed E-state index contributed by atoms with van der Waals surface area (Å²) in [5.41, 5.74) is 0. The van der Waals surface area contributed by atoms with Crippen LogP contribution in [-0.2, 0) is 0 Å². The van der Waals surface area contributed by atoms with Crippen LogP contribution in [0.25, 0.3) is 0 Å². The average molecular weight is 315 g/mol. The predicted octanol–water partition coefficient (Wildman–Crippen LogP) is 3.62. The monoisotopic (exact) mass is 315 g/mol. The van der Waals surface area contributed by atoms with Gasteiger partial charge in [0.25, 0.3) is 0 Å². The van der Waals surface area contributed by atoms with Gasteiger partial charge in [-0.15, -0.1) is 0 Å². The van der Waals surface area contributed by atoms with Gasteiger partial charge in [-0.3, -0.25) is 0 Å². The van der Waals surface area contributed by atoms with Crippen LogP contribution in [0.1, 0.15) is 0 Å². The van der Waals surface area contributed by atoms with Gasteiger partial charge >= 0.3 is 0 Å². The number of pyridine rings is 1. The Balaban J connectivity index is 2.22. The molecule has 2 aromatic rings. The number of hydrogen-bond donors (Lipinski definition) is 0. The van der Waals surface area contributed by atoms with E-state index in [-0.39, 0.29) is 5.88 Å². The van der Waals surface area contributed by atoms with Gasteiger partial charge in [-0.25, -0.2) is 0 Å². The van der Waals surface area contributed by atoms with Crippen LogP contribution in [0.4, 0.5) is 4.39 Å². The number of nitrogens with zero attached hydrogens (tertiary/aromatic N) is 1. The second-order valence-electron chi connectivity index (χ2n) is 2.84. The molecule has 0 radical (unpaired) electrons. The third kappa shape index (κ3) is 2.65. The number of rotatable bonds is 2. The van der Waals surface area contributed by atoms with Crippen molar-refractivity contribution in [3.63, 3.8) is 0 Å². The normalized spacial score (nSPS) is 10.0. The maximum Gasteiger partial charge on any atom is 0.229 e. The van der Waals surface area contributed by atoms with E-state index in [4.69, 9.17) is 4.74 Å². The molecule has 0 aliphatic heterocycles. The quantitative estimate of drug-likeness (QED) is 0.624. The van der Waals surface area contributed by atoms with E-state index in [2.05, 4.69) is 4.98 Å². The first-order chi connectivity index (χ1) is 7.25. The zero-order chi connectivity index (χ0) is 10.7. The van der Waals surface area contributed by atoms with Crippen LogP contribution in [0.2, 0.25) is 0 Å². The Kier molecular flexibility index (Phi) is 3.15. The summed E-state index contributed by atoms with van der Waals surface area (Å²) in [4.78, 5) is 3.67. The molecule has 76 valence electrons. The van der Waals surface area contributed by atoms with Crippen LogP contribution in [0, 0.1) is 9.52 Å². The number of ether oxygens (including phenoxy) is 1. The molecule has 0 N–H and O–H groups in total. The van der Waals surface area contributed by atoms with E-state index in [0.717, 1.165) is 0 Å². The van der Waals surface area contributed by atoms with Gasteiger partial charge in [-0.1, -0.05) is 18.2 Å². The molecule has 1 heterocycles. The summed E-state index contributed by atoms with van der Waals surface area (Å²) in [6.07, 6.45) is 0. The number of halogens is 2. The molecular weight excluding hydrogens is 308 g/mol. The molecular formula is C11H7FINO. The fourth-order valence-corrected chi connectivity index (χ4v) is 1.37. The lowest BCUT2D eigenvalue weighted by atomic mass is 10.3. The van der Waals surface area contributed by atoms with E-state index < -0.39 is 5.95 Å². The summed E-state index contributed by atoms with van der Waals surface area (Å²) in [6, 6.07) is 12.4. The maximum absolute atomic E-state index is 13.1. The zero-order valence-electron chi connectivity index (χ0n) is 7.65. The number of para-hydroxylation sites is 1. The lowest BCUT2D eigenvalue weighted by molar-refractivity contribution is 0.444. The van der Waals surface area contributed by atoms with Gasteiger partial charge in [0.1, 0.15) is 5.75 Å². The second-order valence-corrected chi connectivity index (χ2v) is 4.00. The Labute approximate surface area is 100 Å². The fraction of sp³-hybridized carbons (Fsp3) is 0. The molecule has 0 atom stereocenters. The summed E-state index contributed by atoms with van der Waals surface area (Å²) in [5, 5.41) is 0. The van der Waals surface area contributed by atoms with E-state index >= 15 is 0 Å². The molecule has 0 aliphatic rings. The molecule has 1 aromatic heterocycles. The largest absolute Gasteiger partial charge is 0.439 e. The first-order valence-corrected chi connectivity index (χ1v) is 5.38. The lowest BCUT2D eigenvalue weighted by Gasteiger charge is -2.04. The molecule has 2 nitrogen and oxygen atoms in total. The van der Waals surface area contributed by atoms with E-state index in [1.165, 1.54) is 0 Å². The van der Waals surface area contributed by atoms with Crippen molar-refractivity contribution < 1.29 is 9.13 Å². The Morgan fingerprint density at radius 2 is 1.80 bits per heavy atom. The third-order valence-corrected chi connectivity index (χ3v) is 2.55. The van der Waals surface area contributed by atoms with Crippen LogP contribution >= 0.6 is 22.6 Å². The van der Waals surface area contributed by atoms with Crippen molar-refractivity contribution in [1.82, 2.24) is 4.98 Å². The van der Waals surface area contributed by atoms with Gasteiger partial charge < -0.3 is 4.74 Å². The molecule has 0 saturated heterocycles. The molecule has 15 heavy (non-hydrogen) atoms. The number of benzene rings is 1. The van der Waals surface area contributed by atoms with Gasteiger partial charge in [0.05, 0.1) is 3.57 Å². The summed E-state index contributed by atoms with van der Waals surface area (Å²) in [7, 11) is 0. The van der Waals surface area contributed by atoms with Crippen molar-refractivity contribution in [2.24, 2.45) is 0 Å². The molecule has 0 spiro atoms. The predicted molar refractivity (Wildman–Crippen MR) is 63.4 cm³/mol. The van der Waals surface area contributed by atoms with Crippen LogP contribution < -0.4 is 4.74 Å². The molecule has 0 saturated carbocycles. The summed E-state index contributed by atoms with van der Waals surface area (Å²) >= 11 is 1.88. The molecule has 0 bridgehead atoms. The van der Waals surface area contributed by atoms with Gasteiger partial charge in [0.15, 0.2) is 0 Å². The highest BCUT2D eigenvalue weighted by Gasteiger charge is 2.03. The topological polar surface area (TPSA) is 22.1 Å². The Morgan fingerprint density at radius 1 is 1.07 bits per heavy atom. The van der Waals surface area contributed by atoms with Crippen molar-refractivity contribution >= 4 is 22.6 Å². The first-order valence-electron chi connectivity index (χ1n) is 4.30. The molecule has 0 amide bonds. The minimum atomic E-state index is -0.510. The fourth-order valence-electron chi connectivity index (χ4n) is 1.07. The van der Waals surface area contributed by atoms with Gasteiger partial charge in [-0.05, 0) is 40.8 Å². The standard InChI is InChI=1S/C11H7FINO/c12-11-9(13)6-7-10(14-11)15-8-4-2-1-3-5-8/h1-7H. The van der Waals surface area contributed by atoms with E-state index in [9.17, 15) is 4.39 Å². The molecule has 1 aromatic carbocycles. The second kappa shape index (κ2) is 4.57. The minimum Gasteiger partial charge on any atom is -0.439 e. The third-order valence-electron chi connectivity index (χ3n) is 1.74. The molecule has 0 aliphatic carbocycles. The summed E-state index contributed by atoms with van der Waals surface area (Å²) in [6.45, 7) is 0. The van der Waals surface area contributed by atoms with Gasteiger partial charge in [0, 0.05) is 6.07 Å². The van der Waals surface area contributed by atoms with Crippen LogP contribution in [-0.4, -0.2) is 4.98 Å². The average Bonchev–Trinajstić information content (AvgIpc) is 2.25. The first kappa shape index (κ1) is 10.4. The molecule has 2 rings (SSSR count). The molecule has 4 heteroatoms. The van der Waals surface area contributed by atoms with Crippen LogP contribution in [0.5, 0.6) is 11.6 Å². The number of hydrogen-bond acceptors (Lipinski definition) is 2. The van der Waals surface area contributed by atoms with Crippen molar-refractivity contribution in [3.8, 4) is 11.6 Å². The van der Waals surface area contributed by atoms with Crippen LogP contribution in [0.3, 0.4) is 0 Å². The van der Waals surface area contributed by atoms with Gasteiger partial charge in [0.2, 0.25) is 11.8 Å². The summed E-state index contributed by atoms with van der Waals surface area (Å²) < 4.78 is 18.9. The Bertz CT molecular complexity index is 461. The molecule has 0 fully saturated rings. The smallest absolute Gasteiger partial charge is 0.229 e. The highest BCUT2D eigenvalue weighted by molar-refractivity contribution is 14.1. The SMILES string of the molecule is Fc1nc(Oc2ccccc2)ccc1I. The maximum atomic E-state index is 13.1. The van der Waals surface area contributed by atoms with E-state index in [1.54, 1.807) is 24.3 Å². The van der Waals surface area contributed by atoms with Gasteiger partial charge in [-0.2, -0.15) is 9.37 Å². The van der Waals surface area contributed by atoms with E-state index in [0.29, 0.717) is 9.32 Å². The highest BCUT2D eigenvalue weighted by atomic mass is 127. The lowest BCUT2D eigenvalue weighted by Crippen LogP contribution is -1.92. The van der Waals surface area contributed by atoms with Crippen molar-refractivity contribution in [3.05, 3.63) is 52.0 Å². The Hall–Kier alpha value is -1.17. The van der Waals surface area contributed by atoms with E-state index in [1.807, 2.05) is 40.8 Å². The van der Waals surface area contributed by atoms with Crippen molar-refractivity contribution in [2.45, 2.75) is 0 Å². The summed E-state index contributed by atoms with van der Waals surface area (Å²) in [5.74, 6) is 0.397. The highest BCUT2D eigenvalue weighted by Crippen LogP contribution is 2.20. The zero-order valence-corrected chi connectivity index (χ0v) is 9.81. The minimum absolute atomic E-state index is 0.263. The van der Waals surface area contributed by atoms with Crippen molar-refractivity contribution in [2.75, 3.05) is 0 Å². The van der Waals surface area contributed by atoms with Crippen LogP contribution in [0.15, 0.2) is 42.5 Å². The molecule has 0 unspecified atom stereocenters. The number of aromatic nitrogens is 1. The Morgan fingerprint density at radius 3 is 2.47 bits per heavy atom.